The number of carbonyl (C=O) groups excluding carboxylic acids is 2. The van der Waals surface area contributed by atoms with Crippen LogP contribution in [-0.4, -0.2) is 35.9 Å². The summed E-state index contributed by atoms with van der Waals surface area (Å²) in [6.45, 7) is 2.67. The number of rotatable bonds is 7. The van der Waals surface area contributed by atoms with Crippen LogP contribution in [0.4, 0.5) is 0 Å². The van der Waals surface area contributed by atoms with Crippen molar-refractivity contribution in [3.8, 4) is 6.07 Å². The fourth-order valence-electron chi connectivity index (χ4n) is 2.43. The molecule has 0 spiro atoms. The zero-order valence-electron chi connectivity index (χ0n) is 13.5. The average Bonchev–Trinajstić information content (AvgIpc) is 2.58. The average molecular weight is 347 g/mol. The lowest BCUT2D eigenvalue weighted by atomic mass is 9.92. The van der Waals surface area contributed by atoms with Crippen LogP contribution in [0.2, 0.25) is 0 Å². The van der Waals surface area contributed by atoms with Crippen molar-refractivity contribution in [3.63, 3.8) is 0 Å². The minimum absolute atomic E-state index is 0.0312. The van der Waals surface area contributed by atoms with E-state index in [1.165, 1.54) is 11.9 Å². The van der Waals surface area contributed by atoms with Crippen LogP contribution in [0, 0.1) is 24.2 Å². The molecule has 2 atom stereocenters. The van der Waals surface area contributed by atoms with Gasteiger partial charge in [-0.25, -0.2) is 0 Å². The molecular weight excluding hydrogens is 326 g/mol. The van der Waals surface area contributed by atoms with Crippen molar-refractivity contribution in [1.29, 1.82) is 5.26 Å². The van der Waals surface area contributed by atoms with Gasteiger partial charge >= 0.3 is 0 Å². The largest absolute Gasteiger partial charge is 0.356 e. The second-order valence-electron chi connectivity index (χ2n) is 5.67. The topological polar surface area (TPSA) is 107 Å². The van der Waals surface area contributed by atoms with Crippen molar-refractivity contribution in [3.05, 3.63) is 24.0 Å². The van der Waals surface area contributed by atoms with Crippen molar-refractivity contribution < 1.29 is 9.59 Å². The quantitative estimate of drug-likeness (QED) is 0.633. The number of amides is 2. The van der Waals surface area contributed by atoms with Crippen LogP contribution in [0.25, 0.3) is 0 Å². The summed E-state index contributed by atoms with van der Waals surface area (Å²) in [4.78, 5) is 28.7. The molecule has 0 radical (unpaired) electrons. The molecule has 2 rings (SSSR count). The van der Waals surface area contributed by atoms with E-state index < -0.39 is 6.04 Å². The highest BCUT2D eigenvalue weighted by Gasteiger charge is 2.26. The van der Waals surface area contributed by atoms with Crippen LogP contribution in [0.1, 0.15) is 25.0 Å². The zero-order chi connectivity index (χ0) is 17.4. The van der Waals surface area contributed by atoms with Gasteiger partial charge in [-0.1, -0.05) is 0 Å². The van der Waals surface area contributed by atoms with Gasteiger partial charge in [-0.2, -0.15) is 5.26 Å². The molecule has 2 unspecified atom stereocenters. The maximum absolute atomic E-state index is 11.9. The van der Waals surface area contributed by atoms with Crippen LogP contribution in [0.3, 0.4) is 0 Å². The van der Waals surface area contributed by atoms with Crippen molar-refractivity contribution in [2.75, 3.05) is 13.1 Å². The Morgan fingerprint density at radius 2 is 2.42 bits per heavy atom. The van der Waals surface area contributed by atoms with E-state index in [0.29, 0.717) is 13.0 Å². The summed E-state index contributed by atoms with van der Waals surface area (Å²) >= 11 is 1.31. The van der Waals surface area contributed by atoms with Gasteiger partial charge in [0.2, 0.25) is 11.8 Å². The molecule has 0 aliphatic carbocycles. The van der Waals surface area contributed by atoms with Gasteiger partial charge < -0.3 is 10.6 Å². The number of aromatic nitrogens is 1. The molecule has 7 nitrogen and oxygen atoms in total. The summed E-state index contributed by atoms with van der Waals surface area (Å²) in [7, 11) is 0. The summed E-state index contributed by atoms with van der Waals surface area (Å²) in [5.41, 5.74) is 0.931. The molecule has 128 valence electrons. The van der Waals surface area contributed by atoms with Gasteiger partial charge in [0.05, 0.1) is 12.6 Å². The highest BCUT2D eigenvalue weighted by molar-refractivity contribution is 7.97. The minimum Gasteiger partial charge on any atom is -0.356 e. The number of piperidine rings is 1. The first-order valence-electron chi connectivity index (χ1n) is 7.87. The summed E-state index contributed by atoms with van der Waals surface area (Å²) in [5.74, 6) is -0.508. The molecule has 2 heterocycles. The van der Waals surface area contributed by atoms with Gasteiger partial charge in [0.15, 0.2) is 0 Å². The summed E-state index contributed by atoms with van der Waals surface area (Å²) < 4.78 is 2.94. The van der Waals surface area contributed by atoms with Crippen LogP contribution < -0.4 is 15.4 Å². The Hall–Kier alpha value is -2.11. The third-order valence-corrected chi connectivity index (χ3v) is 4.48. The molecular formula is C16H21N5O2S. The number of nitriles is 1. The maximum atomic E-state index is 11.9. The Labute approximate surface area is 145 Å². The Balaban J connectivity index is 1.72. The second kappa shape index (κ2) is 9.25. The fraction of sp³-hybridized carbons (Fsp3) is 0.500. The van der Waals surface area contributed by atoms with Crippen LogP contribution in [0.5, 0.6) is 0 Å². The number of nitrogens with one attached hydrogen (secondary N) is 3. The first-order chi connectivity index (χ1) is 11.6. The Bertz CT molecular complexity index is 614. The third kappa shape index (κ3) is 5.83. The summed E-state index contributed by atoms with van der Waals surface area (Å²) in [5, 5.41) is 14.6. The fourth-order valence-corrected chi connectivity index (χ4v) is 3.05. The number of pyridine rings is 1. The van der Waals surface area contributed by atoms with Crippen molar-refractivity contribution in [1.82, 2.24) is 20.3 Å². The van der Waals surface area contributed by atoms with E-state index in [1.54, 1.807) is 6.20 Å². The van der Waals surface area contributed by atoms with Crippen LogP contribution in [0.15, 0.2) is 23.2 Å². The van der Waals surface area contributed by atoms with Crippen LogP contribution in [-0.2, 0) is 9.59 Å². The summed E-state index contributed by atoms with van der Waals surface area (Å²) in [6.07, 6.45) is 3.74. The molecule has 0 bridgehead atoms. The maximum Gasteiger partial charge on any atom is 0.235 e. The van der Waals surface area contributed by atoms with E-state index in [9.17, 15) is 14.9 Å². The van der Waals surface area contributed by atoms with E-state index in [2.05, 4.69) is 26.4 Å². The molecule has 1 aromatic heterocycles. The zero-order valence-corrected chi connectivity index (χ0v) is 14.4. The number of hydrogen-bond donors (Lipinski definition) is 3. The third-order valence-electron chi connectivity index (χ3n) is 3.72. The van der Waals surface area contributed by atoms with Gasteiger partial charge in [-0.05, 0) is 50.3 Å². The minimum atomic E-state index is -0.654. The SMILES string of the molecule is Cc1ccc(SNCC(=O)NC(C#N)CC2CCCNC2=O)cn1. The monoisotopic (exact) mass is 347 g/mol. The Morgan fingerprint density at radius 1 is 1.58 bits per heavy atom. The first kappa shape index (κ1) is 18.2. The molecule has 8 heteroatoms. The van der Waals surface area contributed by atoms with Gasteiger partial charge in [0.1, 0.15) is 6.04 Å². The standard InChI is InChI=1S/C16H21N5O2S/c1-11-4-5-14(9-19-11)24-20-10-15(22)21-13(8-17)7-12-3-2-6-18-16(12)23/h4-5,9,12-13,20H,2-3,6-7,10H2,1H3,(H,18,23)(H,21,22). The Morgan fingerprint density at radius 3 is 3.08 bits per heavy atom. The molecule has 1 aliphatic rings. The number of carbonyl (C=O) groups is 2. The lowest BCUT2D eigenvalue weighted by molar-refractivity contribution is -0.127. The van der Waals surface area contributed by atoms with E-state index in [1.807, 2.05) is 19.1 Å². The van der Waals surface area contributed by atoms with Gasteiger partial charge in [-0.3, -0.25) is 19.3 Å². The first-order valence-corrected chi connectivity index (χ1v) is 8.69. The van der Waals surface area contributed by atoms with Gasteiger partial charge in [0, 0.05) is 29.2 Å². The number of hydrogen-bond acceptors (Lipinski definition) is 6. The van der Waals surface area contributed by atoms with Crippen molar-refractivity contribution in [2.24, 2.45) is 5.92 Å². The number of aryl methyl sites for hydroxylation is 1. The second-order valence-corrected chi connectivity index (χ2v) is 6.64. The highest BCUT2D eigenvalue weighted by Crippen LogP contribution is 2.17. The van der Waals surface area contributed by atoms with Crippen molar-refractivity contribution in [2.45, 2.75) is 37.1 Å². The molecule has 3 N–H and O–H groups in total. The van der Waals surface area contributed by atoms with Gasteiger partial charge in [-0.15, -0.1) is 0 Å². The normalized spacial score (nSPS) is 18.3. The Kier molecular flexibility index (Phi) is 7.03. The molecule has 2 amide bonds. The van der Waals surface area contributed by atoms with E-state index in [0.717, 1.165) is 23.4 Å². The molecule has 0 aromatic carbocycles. The molecule has 1 aromatic rings. The summed E-state index contributed by atoms with van der Waals surface area (Å²) in [6, 6.07) is 5.21. The van der Waals surface area contributed by atoms with Crippen molar-refractivity contribution >= 4 is 23.8 Å². The smallest absolute Gasteiger partial charge is 0.235 e. The van der Waals surface area contributed by atoms with E-state index >= 15 is 0 Å². The predicted octanol–water partition coefficient (Wildman–Crippen LogP) is 0.911. The lowest BCUT2D eigenvalue weighted by Crippen LogP contribution is -2.43. The number of nitrogens with zero attached hydrogens (tertiary/aromatic N) is 2. The highest BCUT2D eigenvalue weighted by atomic mass is 32.2. The molecule has 1 fully saturated rings. The van der Waals surface area contributed by atoms with Crippen LogP contribution >= 0.6 is 11.9 Å². The van der Waals surface area contributed by atoms with E-state index in [-0.39, 0.29) is 24.3 Å². The molecule has 1 aliphatic heterocycles. The predicted molar refractivity (Wildman–Crippen MR) is 90.7 cm³/mol. The van der Waals surface area contributed by atoms with E-state index in [4.69, 9.17) is 0 Å². The van der Waals surface area contributed by atoms with Gasteiger partial charge in [0.25, 0.3) is 0 Å². The lowest BCUT2D eigenvalue weighted by Gasteiger charge is -2.23. The molecule has 24 heavy (non-hydrogen) atoms. The molecule has 0 saturated carbocycles. The molecule has 1 saturated heterocycles.